The first-order valence-electron chi connectivity index (χ1n) is 8.53. The van der Waals surface area contributed by atoms with Crippen molar-refractivity contribution in [2.24, 2.45) is 7.05 Å². The van der Waals surface area contributed by atoms with Gasteiger partial charge in [0.05, 0.1) is 0 Å². The number of nitrogens with zero attached hydrogens (tertiary/aromatic N) is 1. The van der Waals surface area contributed by atoms with E-state index in [1.54, 1.807) is 12.1 Å². The normalized spacial score (nSPS) is 14.6. The molecule has 2 rings (SSSR count). The van der Waals surface area contributed by atoms with Crippen molar-refractivity contribution in [1.29, 1.82) is 0 Å². The van der Waals surface area contributed by atoms with Gasteiger partial charge in [0.25, 0.3) is 0 Å². The molecule has 0 spiro atoms. The van der Waals surface area contributed by atoms with E-state index in [0.717, 1.165) is 16.8 Å². The third-order valence-corrected chi connectivity index (χ3v) is 3.79. The minimum absolute atomic E-state index is 0.0978. The highest BCUT2D eigenvalue weighted by molar-refractivity contribution is 5.62. The summed E-state index contributed by atoms with van der Waals surface area (Å²) in [5, 5.41) is 0. The molecule has 1 aromatic carbocycles. The van der Waals surface area contributed by atoms with Crippen LogP contribution in [0.5, 0.6) is 0 Å². The zero-order valence-corrected chi connectivity index (χ0v) is 13.3. The lowest BCUT2D eigenvalue weighted by Gasteiger charge is -2.20. The molecule has 1 nitrogen and oxygen atoms in total. The molecule has 0 aliphatic heterocycles. The molecule has 20 heavy (non-hydrogen) atoms. The van der Waals surface area contributed by atoms with Crippen LogP contribution in [-0.2, 0) is 12.5 Å². The van der Waals surface area contributed by atoms with Gasteiger partial charge in [0.2, 0.25) is 5.69 Å². The van der Waals surface area contributed by atoms with Crippen LogP contribution in [0.15, 0.2) is 30.5 Å². The molecule has 0 unspecified atom stereocenters. The lowest BCUT2D eigenvalue weighted by atomic mass is 9.84. The van der Waals surface area contributed by atoms with Gasteiger partial charge in [-0.05, 0) is 43.3 Å². The zero-order chi connectivity index (χ0) is 17.6. The Balaban J connectivity index is 2.58. The van der Waals surface area contributed by atoms with Crippen molar-refractivity contribution in [3.63, 3.8) is 0 Å². The summed E-state index contributed by atoms with van der Waals surface area (Å²) >= 11 is 0. The van der Waals surface area contributed by atoms with Crippen molar-refractivity contribution in [2.45, 2.75) is 46.9 Å². The third kappa shape index (κ3) is 2.77. The largest absolute Gasteiger partial charge is 0.212 e. The Labute approximate surface area is 127 Å². The molecule has 0 saturated carbocycles. The van der Waals surface area contributed by atoms with Crippen molar-refractivity contribution in [3.05, 3.63) is 52.7 Å². The van der Waals surface area contributed by atoms with Gasteiger partial charge in [-0.3, -0.25) is 0 Å². The summed E-state index contributed by atoms with van der Waals surface area (Å²) in [5.41, 5.74) is 6.22. The second-order valence-corrected chi connectivity index (χ2v) is 6.65. The molecular formula is C19H26N+. The molecule has 0 N–H and O–H groups in total. The number of rotatable bonds is 1. The Morgan fingerprint density at radius 3 is 2.30 bits per heavy atom. The van der Waals surface area contributed by atoms with Crippen molar-refractivity contribution in [3.8, 4) is 11.3 Å². The predicted molar refractivity (Wildman–Crippen MR) is 86.0 cm³/mol. The Kier molecular flexibility index (Phi) is 2.79. The van der Waals surface area contributed by atoms with Crippen LogP contribution in [0.25, 0.3) is 11.3 Å². The smallest absolute Gasteiger partial charge is 0.201 e. The fourth-order valence-corrected chi connectivity index (χ4v) is 2.75. The highest BCUT2D eigenvalue weighted by atomic mass is 14.9. The standard InChI is InChI=1S/C19H26N/c1-13-8-9-16(14(2)10-13)18-11-15(3)17(12-20(18)7)19(4,5)6/h8-12H,1-7H3/q+1/i1D3. The summed E-state index contributed by atoms with van der Waals surface area (Å²) in [6.07, 6.45) is 2.18. The second kappa shape index (κ2) is 5.05. The molecule has 106 valence electrons. The molecule has 0 radical (unpaired) electrons. The van der Waals surface area contributed by atoms with E-state index in [-0.39, 0.29) is 5.41 Å². The molecule has 0 aliphatic rings. The van der Waals surface area contributed by atoms with Crippen LogP contribution in [0.2, 0.25) is 0 Å². The van der Waals surface area contributed by atoms with E-state index in [4.69, 9.17) is 4.11 Å². The van der Waals surface area contributed by atoms with E-state index in [9.17, 15) is 0 Å². The summed E-state index contributed by atoms with van der Waals surface area (Å²) in [5.74, 6) is 0. The van der Waals surface area contributed by atoms with Gasteiger partial charge < -0.3 is 0 Å². The number of benzene rings is 1. The fraction of sp³-hybridized carbons (Fsp3) is 0.421. The molecule has 0 amide bonds. The summed E-state index contributed by atoms with van der Waals surface area (Å²) < 4.78 is 24.8. The Morgan fingerprint density at radius 2 is 1.75 bits per heavy atom. The summed E-state index contributed by atoms with van der Waals surface area (Å²) in [6.45, 7) is 8.69. The van der Waals surface area contributed by atoms with Gasteiger partial charge in [-0.25, -0.2) is 4.57 Å². The number of aromatic nitrogens is 1. The van der Waals surface area contributed by atoms with Crippen LogP contribution in [0.1, 0.15) is 47.1 Å². The monoisotopic (exact) mass is 271 g/mol. The van der Waals surface area contributed by atoms with Gasteiger partial charge in [0, 0.05) is 21.3 Å². The molecular weight excluding hydrogens is 242 g/mol. The van der Waals surface area contributed by atoms with Gasteiger partial charge in [0.1, 0.15) is 7.05 Å². The summed E-state index contributed by atoms with van der Waals surface area (Å²) in [4.78, 5) is 0. The van der Waals surface area contributed by atoms with E-state index < -0.39 is 6.85 Å². The van der Waals surface area contributed by atoms with Gasteiger partial charge >= 0.3 is 0 Å². The lowest BCUT2D eigenvalue weighted by molar-refractivity contribution is -0.661. The highest BCUT2D eigenvalue weighted by Gasteiger charge is 2.22. The molecule has 0 fully saturated rings. The zero-order valence-electron chi connectivity index (χ0n) is 16.3. The van der Waals surface area contributed by atoms with Gasteiger partial charge in [-0.1, -0.05) is 38.5 Å². The van der Waals surface area contributed by atoms with Crippen molar-refractivity contribution >= 4 is 0 Å². The molecule has 0 bridgehead atoms. The number of pyridine rings is 1. The molecule has 0 aliphatic carbocycles. The first kappa shape index (κ1) is 11.1. The predicted octanol–water partition coefficient (Wildman–Crippen LogP) is 4.40. The Morgan fingerprint density at radius 1 is 1.05 bits per heavy atom. The van der Waals surface area contributed by atoms with E-state index in [1.165, 1.54) is 11.1 Å². The molecule has 1 aromatic heterocycles. The first-order chi connectivity index (χ1) is 10.4. The van der Waals surface area contributed by atoms with E-state index in [0.29, 0.717) is 5.56 Å². The maximum Gasteiger partial charge on any atom is 0.212 e. The molecule has 0 saturated heterocycles. The SMILES string of the molecule is [2H]C([2H])([2H])c1ccc(-c2cc(C)c(C(C)(C)C)c[n+]2C)c(C)c1. The van der Waals surface area contributed by atoms with Crippen LogP contribution >= 0.6 is 0 Å². The Bertz CT molecular complexity index is 738. The van der Waals surface area contributed by atoms with Gasteiger partial charge in [0.15, 0.2) is 6.20 Å². The molecule has 1 heteroatoms. The minimum atomic E-state index is -2.06. The van der Waals surface area contributed by atoms with Gasteiger partial charge in [-0.15, -0.1) is 0 Å². The molecule has 2 aromatic rings. The average molecular weight is 271 g/mol. The van der Waals surface area contributed by atoms with Crippen LogP contribution in [0, 0.1) is 20.7 Å². The van der Waals surface area contributed by atoms with Crippen LogP contribution in [-0.4, -0.2) is 0 Å². The Hall–Kier alpha value is -1.63. The third-order valence-electron chi connectivity index (χ3n) is 3.79. The average Bonchev–Trinajstić information content (AvgIpc) is 2.39. The van der Waals surface area contributed by atoms with E-state index in [1.807, 2.05) is 20.0 Å². The first-order valence-corrected chi connectivity index (χ1v) is 7.03. The van der Waals surface area contributed by atoms with E-state index in [2.05, 4.69) is 44.5 Å². The maximum absolute atomic E-state index is 7.55. The van der Waals surface area contributed by atoms with Gasteiger partial charge in [-0.2, -0.15) is 0 Å². The number of hydrogen-bond acceptors (Lipinski definition) is 0. The van der Waals surface area contributed by atoms with Crippen molar-refractivity contribution in [1.82, 2.24) is 0 Å². The topological polar surface area (TPSA) is 3.88 Å². The van der Waals surface area contributed by atoms with Crippen LogP contribution in [0.4, 0.5) is 0 Å². The lowest BCUT2D eigenvalue weighted by Crippen LogP contribution is -2.34. The molecule has 0 atom stereocenters. The van der Waals surface area contributed by atoms with Crippen molar-refractivity contribution < 1.29 is 8.68 Å². The number of aryl methyl sites for hydroxylation is 4. The second-order valence-electron chi connectivity index (χ2n) is 6.65. The van der Waals surface area contributed by atoms with Crippen LogP contribution < -0.4 is 4.57 Å². The molecule has 1 heterocycles. The van der Waals surface area contributed by atoms with Crippen molar-refractivity contribution in [2.75, 3.05) is 0 Å². The minimum Gasteiger partial charge on any atom is -0.201 e. The fourth-order valence-electron chi connectivity index (χ4n) is 2.75. The summed E-state index contributed by atoms with van der Waals surface area (Å²) in [6, 6.07) is 7.60. The van der Waals surface area contributed by atoms with E-state index >= 15 is 0 Å². The maximum atomic E-state index is 7.55. The highest BCUT2D eigenvalue weighted by Crippen LogP contribution is 2.28. The van der Waals surface area contributed by atoms with Crippen LogP contribution in [0.3, 0.4) is 0 Å². The summed E-state index contributed by atoms with van der Waals surface area (Å²) in [7, 11) is 2.04. The number of hydrogen-bond donors (Lipinski definition) is 0. The quantitative estimate of drug-likeness (QED) is 0.677.